The van der Waals surface area contributed by atoms with Crippen LogP contribution in [0.5, 0.6) is 0 Å². The minimum atomic E-state index is -4.69. The van der Waals surface area contributed by atoms with E-state index in [9.17, 15) is 23.8 Å². The number of hydrogen-bond donors (Lipinski definition) is 3. The lowest BCUT2D eigenvalue weighted by molar-refractivity contribution is -0.161. The number of nitrogens with two attached hydrogens (primary N) is 1. The number of carboxylic acid groups (broad SMARTS) is 1. The molecule has 3 unspecified atom stereocenters. The van der Waals surface area contributed by atoms with Crippen molar-refractivity contribution in [2.75, 3.05) is 19.8 Å². The number of carbonyl (C=O) groups is 3. The van der Waals surface area contributed by atoms with Crippen LogP contribution < -0.4 is 5.73 Å². The molecule has 0 bridgehead atoms. The minimum Gasteiger partial charge on any atom is -0.480 e. The number of carboxylic acids is 1. The van der Waals surface area contributed by atoms with E-state index in [2.05, 4.69) is 30.5 Å². The third kappa shape index (κ3) is 25.9. The summed E-state index contributed by atoms with van der Waals surface area (Å²) < 4.78 is 32.2. The Kier molecular flexibility index (Phi) is 25.7. The number of phosphoric acid groups is 1. The lowest BCUT2D eigenvalue weighted by atomic mass is 10.1. The molecule has 0 spiro atoms. The molecule has 0 aliphatic heterocycles. The highest BCUT2D eigenvalue weighted by Gasteiger charge is 2.28. The Morgan fingerprint density at radius 2 is 1.21 bits per heavy atom. The highest BCUT2D eigenvalue weighted by Crippen LogP contribution is 2.43. The second kappa shape index (κ2) is 26.8. The standard InChI is InChI=1S/C30H56NO10P/c1-3-5-7-9-11-12-13-14-16-18-20-22-29(33)41-26(24-39-42(36,37)40-25-27(31)30(34)35)23-38-28(32)21-19-17-15-10-8-6-4-2/h9,11,26-27H,3-8,10,12-25,31H2,1-2H3,(H,34,35)(H,36,37)/b11-9-. The monoisotopic (exact) mass is 621 g/mol. The van der Waals surface area contributed by atoms with E-state index in [4.69, 9.17) is 24.8 Å². The zero-order valence-electron chi connectivity index (χ0n) is 25.8. The molecule has 0 saturated carbocycles. The Morgan fingerprint density at radius 3 is 1.81 bits per heavy atom. The summed E-state index contributed by atoms with van der Waals surface area (Å²) in [5, 5.41) is 8.80. The van der Waals surface area contributed by atoms with E-state index in [0.29, 0.717) is 12.8 Å². The van der Waals surface area contributed by atoms with Crippen LogP contribution in [0.3, 0.4) is 0 Å². The number of esters is 2. The van der Waals surface area contributed by atoms with Crippen LogP contribution in [0.4, 0.5) is 0 Å². The molecule has 0 aromatic carbocycles. The molecule has 4 N–H and O–H groups in total. The molecule has 0 fully saturated rings. The molecule has 0 radical (unpaired) electrons. The highest BCUT2D eigenvalue weighted by molar-refractivity contribution is 7.47. The molecule has 0 rings (SSSR count). The van der Waals surface area contributed by atoms with Gasteiger partial charge in [0.15, 0.2) is 6.10 Å². The van der Waals surface area contributed by atoms with Crippen LogP contribution in [0.25, 0.3) is 0 Å². The molecule has 246 valence electrons. The van der Waals surface area contributed by atoms with Crippen molar-refractivity contribution in [1.82, 2.24) is 0 Å². The number of rotatable bonds is 29. The number of carbonyl (C=O) groups excluding carboxylic acids is 2. The van der Waals surface area contributed by atoms with Crippen LogP contribution in [0.1, 0.15) is 129 Å². The van der Waals surface area contributed by atoms with E-state index in [1.54, 1.807) is 0 Å². The molecule has 11 nitrogen and oxygen atoms in total. The zero-order valence-corrected chi connectivity index (χ0v) is 26.7. The van der Waals surface area contributed by atoms with Gasteiger partial charge < -0.3 is 25.2 Å². The molecule has 12 heteroatoms. The van der Waals surface area contributed by atoms with Crippen LogP contribution in [0, 0.1) is 0 Å². The molecule has 0 amide bonds. The molecular weight excluding hydrogens is 565 g/mol. The lowest BCUT2D eigenvalue weighted by Gasteiger charge is -2.20. The molecule has 42 heavy (non-hydrogen) atoms. The predicted molar refractivity (Wildman–Crippen MR) is 162 cm³/mol. The quantitative estimate of drug-likeness (QED) is 0.0355. The van der Waals surface area contributed by atoms with Gasteiger partial charge in [0.05, 0.1) is 13.2 Å². The summed E-state index contributed by atoms with van der Waals surface area (Å²) in [6.45, 7) is 2.65. The largest absolute Gasteiger partial charge is 0.480 e. The van der Waals surface area contributed by atoms with E-state index < -0.39 is 51.1 Å². The summed E-state index contributed by atoms with van der Waals surface area (Å²) in [5.41, 5.74) is 5.28. The van der Waals surface area contributed by atoms with Crippen molar-refractivity contribution in [2.45, 2.75) is 142 Å². The van der Waals surface area contributed by atoms with Gasteiger partial charge in [0, 0.05) is 12.8 Å². The fourth-order valence-corrected chi connectivity index (χ4v) is 4.70. The van der Waals surface area contributed by atoms with Crippen LogP contribution in [0.15, 0.2) is 12.2 Å². The van der Waals surface area contributed by atoms with Gasteiger partial charge in [-0.1, -0.05) is 96.6 Å². The SMILES string of the molecule is CCCC/C=C\CCCCCCCC(=O)OC(COC(=O)CCCCCCCCC)COP(=O)(O)OCC(N)C(=O)O. The molecule has 3 atom stereocenters. The first kappa shape index (κ1) is 40.2. The third-order valence-electron chi connectivity index (χ3n) is 6.51. The summed E-state index contributed by atoms with van der Waals surface area (Å²) in [6, 6.07) is -1.52. The summed E-state index contributed by atoms with van der Waals surface area (Å²) in [5.74, 6) is -2.40. The van der Waals surface area contributed by atoms with E-state index in [-0.39, 0.29) is 19.4 Å². The molecule has 0 aromatic rings. The van der Waals surface area contributed by atoms with Crippen LogP contribution in [0.2, 0.25) is 0 Å². The molecule has 0 saturated heterocycles. The van der Waals surface area contributed by atoms with E-state index >= 15 is 0 Å². The maximum Gasteiger partial charge on any atom is 0.472 e. The zero-order chi connectivity index (χ0) is 31.5. The van der Waals surface area contributed by atoms with Crippen LogP contribution in [-0.2, 0) is 37.5 Å². The van der Waals surface area contributed by atoms with E-state index in [1.807, 2.05) is 0 Å². The third-order valence-corrected chi connectivity index (χ3v) is 7.46. The smallest absolute Gasteiger partial charge is 0.472 e. The van der Waals surface area contributed by atoms with Crippen molar-refractivity contribution in [2.24, 2.45) is 5.73 Å². The maximum atomic E-state index is 12.4. The first-order valence-corrected chi connectivity index (χ1v) is 17.2. The fourth-order valence-electron chi connectivity index (χ4n) is 3.93. The summed E-state index contributed by atoms with van der Waals surface area (Å²) in [7, 11) is -4.69. The number of unbranched alkanes of at least 4 members (excludes halogenated alkanes) is 13. The van der Waals surface area contributed by atoms with Crippen molar-refractivity contribution >= 4 is 25.7 Å². The van der Waals surface area contributed by atoms with Gasteiger partial charge in [-0.3, -0.25) is 23.4 Å². The Hall–Kier alpha value is -1.78. The first-order valence-electron chi connectivity index (χ1n) is 15.7. The van der Waals surface area contributed by atoms with Crippen molar-refractivity contribution in [3.63, 3.8) is 0 Å². The Labute approximate surface area is 252 Å². The average Bonchev–Trinajstić information content (AvgIpc) is 2.95. The second-order valence-electron chi connectivity index (χ2n) is 10.6. The van der Waals surface area contributed by atoms with Gasteiger partial charge in [0.1, 0.15) is 12.6 Å². The Morgan fingerprint density at radius 1 is 0.714 bits per heavy atom. The second-order valence-corrected chi connectivity index (χ2v) is 12.0. The van der Waals surface area contributed by atoms with Crippen LogP contribution in [-0.4, -0.2) is 59.9 Å². The molecular formula is C30H56NO10P. The van der Waals surface area contributed by atoms with Gasteiger partial charge >= 0.3 is 25.7 Å². The van der Waals surface area contributed by atoms with Gasteiger partial charge in [-0.05, 0) is 32.1 Å². The summed E-state index contributed by atoms with van der Waals surface area (Å²) in [6.07, 6.45) is 20.4. The van der Waals surface area contributed by atoms with Gasteiger partial charge in [-0.25, -0.2) is 4.57 Å². The van der Waals surface area contributed by atoms with Crippen molar-refractivity contribution in [3.05, 3.63) is 12.2 Å². The van der Waals surface area contributed by atoms with Gasteiger partial charge in [0.2, 0.25) is 0 Å². The number of ether oxygens (including phenoxy) is 2. The Bertz CT molecular complexity index is 792. The first-order chi connectivity index (χ1) is 20.1. The van der Waals surface area contributed by atoms with Crippen molar-refractivity contribution in [3.8, 4) is 0 Å². The normalized spacial score (nSPS) is 14.4. The van der Waals surface area contributed by atoms with Gasteiger partial charge in [-0.2, -0.15) is 0 Å². The van der Waals surface area contributed by atoms with Gasteiger partial charge in [-0.15, -0.1) is 0 Å². The maximum absolute atomic E-state index is 12.4. The van der Waals surface area contributed by atoms with Crippen molar-refractivity contribution < 1.29 is 47.5 Å². The summed E-state index contributed by atoms with van der Waals surface area (Å²) in [4.78, 5) is 45.3. The predicted octanol–water partition coefficient (Wildman–Crippen LogP) is 6.60. The molecule has 0 aromatic heterocycles. The van der Waals surface area contributed by atoms with Crippen molar-refractivity contribution in [1.29, 1.82) is 0 Å². The topological polar surface area (TPSA) is 172 Å². The highest BCUT2D eigenvalue weighted by atomic mass is 31.2. The lowest BCUT2D eigenvalue weighted by Crippen LogP contribution is -2.34. The number of aliphatic carboxylic acids is 1. The average molecular weight is 622 g/mol. The molecule has 0 heterocycles. The summed E-state index contributed by atoms with van der Waals surface area (Å²) >= 11 is 0. The molecule has 0 aliphatic carbocycles. The van der Waals surface area contributed by atoms with Crippen LogP contribution >= 0.6 is 7.82 Å². The fraction of sp³-hybridized carbons (Fsp3) is 0.833. The number of allylic oxidation sites excluding steroid dienone is 2. The Balaban J connectivity index is 4.56. The van der Waals surface area contributed by atoms with Gasteiger partial charge in [0.25, 0.3) is 0 Å². The minimum absolute atomic E-state index is 0.153. The number of phosphoric ester groups is 1. The van der Waals surface area contributed by atoms with E-state index in [0.717, 1.165) is 57.8 Å². The molecule has 0 aliphatic rings. The van der Waals surface area contributed by atoms with E-state index in [1.165, 1.54) is 32.1 Å². The number of hydrogen-bond acceptors (Lipinski definition) is 9.